The third-order valence-corrected chi connectivity index (χ3v) is 4.57. The van der Waals surface area contributed by atoms with Crippen LogP contribution in [-0.4, -0.2) is 53.2 Å². The summed E-state index contributed by atoms with van der Waals surface area (Å²) in [7, 11) is 0. The SMILES string of the molecule is CC(C)NCc1cc(CN2CCCN3CCCC3C2)on1. The highest BCUT2D eigenvalue weighted by atomic mass is 16.5. The molecule has 3 heterocycles. The molecule has 2 saturated heterocycles. The van der Waals surface area contributed by atoms with Crippen molar-refractivity contribution in [3.05, 3.63) is 17.5 Å². The van der Waals surface area contributed by atoms with E-state index in [9.17, 15) is 0 Å². The third kappa shape index (κ3) is 4.05. The minimum atomic E-state index is 0.476. The van der Waals surface area contributed by atoms with Crippen molar-refractivity contribution < 1.29 is 4.52 Å². The first kappa shape index (κ1) is 15.0. The molecule has 0 radical (unpaired) electrons. The molecule has 0 spiro atoms. The van der Waals surface area contributed by atoms with Gasteiger partial charge in [-0.3, -0.25) is 9.80 Å². The molecule has 118 valence electrons. The monoisotopic (exact) mass is 292 g/mol. The summed E-state index contributed by atoms with van der Waals surface area (Å²) < 4.78 is 5.51. The van der Waals surface area contributed by atoms with Crippen LogP contribution in [0, 0.1) is 0 Å². The molecule has 3 rings (SSSR count). The van der Waals surface area contributed by atoms with Gasteiger partial charge in [-0.15, -0.1) is 0 Å². The second-order valence-corrected chi connectivity index (χ2v) is 6.74. The normalized spacial score (nSPS) is 24.4. The van der Waals surface area contributed by atoms with Gasteiger partial charge >= 0.3 is 0 Å². The Morgan fingerprint density at radius 2 is 2.19 bits per heavy atom. The highest BCUT2D eigenvalue weighted by molar-refractivity contribution is 5.05. The number of aromatic nitrogens is 1. The maximum Gasteiger partial charge on any atom is 0.151 e. The Labute approximate surface area is 127 Å². The molecule has 2 aliphatic heterocycles. The Morgan fingerprint density at radius 1 is 1.33 bits per heavy atom. The van der Waals surface area contributed by atoms with Gasteiger partial charge < -0.3 is 9.84 Å². The van der Waals surface area contributed by atoms with E-state index in [2.05, 4.69) is 40.2 Å². The lowest BCUT2D eigenvalue weighted by Crippen LogP contribution is -2.36. The molecule has 5 nitrogen and oxygen atoms in total. The largest absolute Gasteiger partial charge is 0.360 e. The van der Waals surface area contributed by atoms with Crippen molar-refractivity contribution in [3.8, 4) is 0 Å². The molecule has 1 N–H and O–H groups in total. The van der Waals surface area contributed by atoms with Gasteiger partial charge in [-0.2, -0.15) is 0 Å². The second kappa shape index (κ2) is 6.90. The standard InChI is InChI=1S/C16H28N4O/c1-13(2)17-10-14-9-16(21-18-14)12-19-6-4-8-20-7-3-5-15(20)11-19/h9,13,15,17H,3-8,10-12H2,1-2H3. The minimum absolute atomic E-state index is 0.476. The zero-order valence-corrected chi connectivity index (χ0v) is 13.3. The van der Waals surface area contributed by atoms with Gasteiger partial charge in [-0.1, -0.05) is 19.0 Å². The van der Waals surface area contributed by atoms with Crippen LogP contribution in [-0.2, 0) is 13.1 Å². The van der Waals surface area contributed by atoms with Crippen LogP contribution in [0.3, 0.4) is 0 Å². The Hall–Kier alpha value is -0.910. The first-order chi connectivity index (χ1) is 10.2. The van der Waals surface area contributed by atoms with Crippen molar-refractivity contribution in [3.63, 3.8) is 0 Å². The lowest BCUT2D eigenvalue weighted by Gasteiger charge is -2.24. The summed E-state index contributed by atoms with van der Waals surface area (Å²) in [4.78, 5) is 5.20. The molecule has 5 heteroatoms. The van der Waals surface area contributed by atoms with Gasteiger partial charge in [0.05, 0.1) is 12.2 Å². The van der Waals surface area contributed by atoms with Crippen LogP contribution in [0.15, 0.2) is 10.6 Å². The fraction of sp³-hybridized carbons (Fsp3) is 0.812. The molecular weight excluding hydrogens is 264 g/mol. The molecule has 0 amide bonds. The van der Waals surface area contributed by atoms with E-state index in [1.54, 1.807) is 0 Å². The first-order valence-corrected chi connectivity index (χ1v) is 8.35. The molecule has 1 unspecified atom stereocenters. The number of nitrogens with zero attached hydrogens (tertiary/aromatic N) is 3. The molecule has 1 aromatic heterocycles. The molecule has 2 aliphatic rings. The van der Waals surface area contributed by atoms with Gasteiger partial charge in [0, 0.05) is 31.2 Å². The Morgan fingerprint density at radius 3 is 3.05 bits per heavy atom. The highest BCUT2D eigenvalue weighted by Gasteiger charge is 2.28. The van der Waals surface area contributed by atoms with Crippen molar-refractivity contribution in [2.45, 2.75) is 58.3 Å². The van der Waals surface area contributed by atoms with Gasteiger partial charge in [-0.25, -0.2) is 0 Å². The maximum atomic E-state index is 5.51. The number of hydrogen-bond acceptors (Lipinski definition) is 5. The van der Waals surface area contributed by atoms with Crippen molar-refractivity contribution in [2.24, 2.45) is 0 Å². The van der Waals surface area contributed by atoms with E-state index in [1.165, 1.54) is 45.4 Å². The Bertz CT molecular complexity index is 445. The fourth-order valence-corrected chi connectivity index (χ4v) is 3.47. The van der Waals surface area contributed by atoms with E-state index in [0.717, 1.165) is 30.6 Å². The van der Waals surface area contributed by atoms with Crippen molar-refractivity contribution >= 4 is 0 Å². The number of fused-ring (bicyclic) bond motifs is 1. The van der Waals surface area contributed by atoms with E-state index >= 15 is 0 Å². The van der Waals surface area contributed by atoms with Crippen LogP contribution in [0.2, 0.25) is 0 Å². The van der Waals surface area contributed by atoms with Crippen LogP contribution in [0.5, 0.6) is 0 Å². The third-order valence-electron chi connectivity index (χ3n) is 4.57. The molecule has 1 atom stereocenters. The zero-order valence-electron chi connectivity index (χ0n) is 13.3. The van der Waals surface area contributed by atoms with E-state index in [1.807, 2.05) is 0 Å². The summed E-state index contributed by atoms with van der Waals surface area (Å²) >= 11 is 0. The van der Waals surface area contributed by atoms with E-state index in [4.69, 9.17) is 4.52 Å². The van der Waals surface area contributed by atoms with Gasteiger partial charge in [0.2, 0.25) is 0 Å². The van der Waals surface area contributed by atoms with Crippen molar-refractivity contribution in [1.82, 2.24) is 20.3 Å². The number of hydrogen-bond donors (Lipinski definition) is 1. The second-order valence-electron chi connectivity index (χ2n) is 6.74. The summed E-state index contributed by atoms with van der Waals surface area (Å²) in [5.74, 6) is 1.00. The molecule has 2 fully saturated rings. The predicted octanol–water partition coefficient (Wildman–Crippen LogP) is 1.84. The van der Waals surface area contributed by atoms with Gasteiger partial charge in [0.1, 0.15) is 0 Å². The Balaban J connectivity index is 1.53. The summed E-state index contributed by atoms with van der Waals surface area (Å²) in [5, 5.41) is 7.55. The van der Waals surface area contributed by atoms with Gasteiger partial charge in [-0.05, 0) is 38.9 Å². The molecular formula is C16H28N4O. The van der Waals surface area contributed by atoms with E-state index < -0.39 is 0 Å². The summed E-state index contributed by atoms with van der Waals surface area (Å²) in [6.07, 6.45) is 3.99. The molecule has 0 saturated carbocycles. The Kier molecular flexibility index (Phi) is 4.93. The maximum absolute atomic E-state index is 5.51. The predicted molar refractivity (Wildman–Crippen MR) is 83.0 cm³/mol. The number of rotatable bonds is 5. The molecule has 21 heavy (non-hydrogen) atoms. The quantitative estimate of drug-likeness (QED) is 0.897. The highest BCUT2D eigenvalue weighted by Crippen LogP contribution is 2.22. The van der Waals surface area contributed by atoms with E-state index in [-0.39, 0.29) is 0 Å². The zero-order chi connectivity index (χ0) is 14.7. The average molecular weight is 292 g/mol. The lowest BCUT2D eigenvalue weighted by atomic mass is 10.2. The molecule has 0 aliphatic carbocycles. The van der Waals surface area contributed by atoms with Crippen LogP contribution in [0.25, 0.3) is 0 Å². The van der Waals surface area contributed by atoms with Gasteiger partial charge in [0.15, 0.2) is 5.76 Å². The first-order valence-electron chi connectivity index (χ1n) is 8.35. The summed E-state index contributed by atoms with van der Waals surface area (Å²) in [6, 6.07) is 3.34. The summed E-state index contributed by atoms with van der Waals surface area (Å²) in [6.45, 7) is 10.9. The van der Waals surface area contributed by atoms with Crippen LogP contribution < -0.4 is 5.32 Å². The van der Waals surface area contributed by atoms with Crippen LogP contribution in [0.4, 0.5) is 0 Å². The minimum Gasteiger partial charge on any atom is -0.360 e. The van der Waals surface area contributed by atoms with Crippen molar-refractivity contribution in [1.29, 1.82) is 0 Å². The van der Waals surface area contributed by atoms with Crippen molar-refractivity contribution in [2.75, 3.05) is 26.2 Å². The van der Waals surface area contributed by atoms with E-state index in [0.29, 0.717) is 6.04 Å². The van der Waals surface area contributed by atoms with Crippen LogP contribution >= 0.6 is 0 Å². The molecule has 0 bridgehead atoms. The summed E-state index contributed by atoms with van der Waals surface area (Å²) in [5.41, 5.74) is 1.01. The number of nitrogens with one attached hydrogen (secondary N) is 1. The smallest absolute Gasteiger partial charge is 0.151 e. The van der Waals surface area contributed by atoms with Crippen LogP contribution in [0.1, 0.15) is 44.6 Å². The topological polar surface area (TPSA) is 44.5 Å². The molecule has 0 aromatic carbocycles. The average Bonchev–Trinajstić information content (AvgIpc) is 3.03. The lowest BCUT2D eigenvalue weighted by molar-refractivity contribution is 0.199. The molecule has 1 aromatic rings. The fourth-order valence-electron chi connectivity index (χ4n) is 3.47. The van der Waals surface area contributed by atoms with Gasteiger partial charge in [0.25, 0.3) is 0 Å².